The van der Waals surface area contributed by atoms with Crippen LogP contribution < -0.4 is 10.2 Å². The summed E-state index contributed by atoms with van der Waals surface area (Å²) in [6.45, 7) is 4.05. The molecule has 0 saturated heterocycles. The molecular weight excluding hydrogens is 364 g/mol. The molecule has 1 aliphatic rings. The number of hydrogen-bond acceptors (Lipinski definition) is 4. The van der Waals surface area contributed by atoms with Crippen molar-refractivity contribution in [2.24, 2.45) is 0 Å². The normalized spacial score (nSPS) is 13.3. The lowest BCUT2D eigenvalue weighted by molar-refractivity contribution is -0.117. The van der Waals surface area contributed by atoms with Crippen LogP contribution in [0.2, 0.25) is 0 Å². The SMILES string of the molecule is CC(=O)N1CCc2cc(NC(=O)CCS(=O)(=O)c3ccc(C)cc3)ccc21. The van der Waals surface area contributed by atoms with E-state index in [1.165, 1.54) is 6.92 Å². The molecule has 0 spiro atoms. The van der Waals surface area contributed by atoms with Gasteiger partial charge in [-0.25, -0.2) is 8.42 Å². The third kappa shape index (κ3) is 4.36. The summed E-state index contributed by atoms with van der Waals surface area (Å²) in [5, 5.41) is 2.74. The smallest absolute Gasteiger partial charge is 0.225 e. The van der Waals surface area contributed by atoms with Crippen molar-refractivity contribution in [2.75, 3.05) is 22.5 Å². The zero-order chi connectivity index (χ0) is 19.6. The zero-order valence-electron chi connectivity index (χ0n) is 15.4. The molecule has 1 aliphatic heterocycles. The van der Waals surface area contributed by atoms with E-state index in [-0.39, 0.29) is 28.9 Å². The molecule has 142 valence electrons. The van der Waals surface area contributed by atoms with Crippen molar-refractivity contribution < 1.29 is 18.0 Å². The quantitative estimate of drug-likeness (QED) is 0.856. The molecule has 0 atom stereocenters. The molecule has 1 N–H and O–H groups in total. The Bertz CT molecular complexity index is 982. The van der Waals surface area contributed by atoms with Crippen molar-refractivity contribution in [3.8, 4) is 0 Å². The minimum Gasteiger partial charge on any atom is -0.326 e. The van der Waals surface area contributed by atoms with Crippen LogP contribution in [0.5, 0.6) is 0 Å². The molecule has 7 heteroatoms. The average molecular weight is 386 g/mol. The van der Waals surface area contributed by atoms with Crippen LogP contribution >= 0.6 is 0 Å². The number of benzene rings is 2. The molecule has 2 aromatic carbocycles. The second-order valence-electron chi connectivity index (χ2n) is 6.69. The number of rotatable bonds is 5. The van der Waals surface area contributed by atoms with Crippen molar-refractivity contribution in [1.29, 1.82) is 0 Å². The number of carbonyl (C=O) groups excluding carboxylic acids is 2. The monoisotopic (exact) mass is 386 g/mol. The van der Waals surface area contributed by atoms with Crippen molar-refractivity contribution in [3.05, 3.63) is 53.6 Å². The summed E-state index contributed by atoms with van der Waals surface area (Å²) >= 11 is 0. The van der Waals surface area contributed by atoms with Gasteiger partial charge in [-0.05, 0) is 49.2 Å². The summed E-state index contributed by atoms with van der Waals surface area (Å²) in [6, 6.07) is 12.0. The van der Waals surface area contributed by atoms with Gasteiger partial charge in [-0.1, -0.05) is 17.7 Å². The highest BCUT2D eigenvalue weighted by Crippen LogP contribution is 2.30. The van der Waals surface area contributed by atoms with E-state index >= 15 is 0 Å². The molecule has 0 unspecified atom stereocenters. The fraction of sp³-hybridized carbons (Fsp3) is 0.300. The van der Waals surface area contributed by atoms with Gasteiger partial charge >= 0.3 is 0 Å². The number of hydrogen-bond donors (Lipinski definition) is 1. The van der Waals surface area contributed by atoms with Crippen molar-refractivity contribution in [3.63, 3.8) is 0 Å². The Kier molecular flexibility index (Phi) is 5.32. The Morgan fingerprint density at radius 1 is 1.11 bits per heavy atom. The van der Waals surface area contributed by atoms with Crippen molar-refractivity contribution >= 4 is 33.0 Å². The van der Waals surface area contributed by atoms with Crippen LogP contribution in [0.1, 0.15) is 24.5 Å². The number of aryl methyl sites for hydroxylation is 1. The first-order chi connectivity index (χ1) is 12.8. The maximum Gasteiger partial charge on any atom is 0.225 e. The van der Waals surface area contributed by atoms with Crippen LogP contribution in [0.3, 0.4) is 0 Å². The summed E-state index contributed by atoms with van der Waals surface area (Å²) in [4.78, 5) is 25.7. The van der Waals surface area contributed by atoms with Crippen molar-refractivity contribution in [2.45, 2.75) is 31.6 Å². The van der Waals surface area contributed by atoms with Gasteiger partial charge in [0.2, 0.25) is 11.8 Å². The van der Waals surface area contributed by atoms with Crippen LogP contribution in [0.4, 0.5) is 11.4 Å². The molecule has 0 aliphatic carbocycles. The number of amides is 2. The highest BCUT2D eigenvalue weighted by atomic mass is 32.2. The molecular formula is C20H22N2O4S. The van der Waals surface area contributed by atoms with Crippen LogP contribution in [0, 0.1) is 6.92 Å². The van der Waals surface area contributed by atoms with Gasteiger partial charge in [0.1, 0.15) is 0 Å². The minimum absolute atomic E-state index is 0.00755. The lowest BCUT2D eigenvalue weighted by Crippen LogP contribution is -2.25. The number of nitrogens with one attached hydrogen (secondary N) is 1. The maximum atomic E-state index is 12.3. The van der Waals surface area contributed by atoms with Gasteiger partial charge in [-0.3, -0.25) is 9.59 Å². The summed E-state index contributed by atoms with van der Waals surface area (Å²) in [5.41, 5.74) is 3.45. The van der Waals surface area contributed by atoms with E-state index in [4.69, 9.17) is 0 Å². The van der Waals surface area contributed by atoms with Gasteiger partial charge in [-0.2, -0.15) is 0 Å². The van der Waals surface area contributed by atoms with E-state index in [0.29, 0.717) is 12.2 Å². The molecule has 0 radical (unpaired) electrons. The van der Waals surface area contributed by atoms with E-state index in [1.54, 1.807) is 35.2 Å². The molecule has 6 nitrogen and oxygen atoms in total. The first-order valence-corrected chi connectivity index (χ1v) is 10.4. The molecule has 27 heavy (non-hydrogen) atoms. The predicted molar refractivity (Wildman–Crippen MR) is 105 cm³/mol. The van der Waals surface area contributed by atoms with E-state index in [2.05, 4.69) is 5.32 Å². The molecule has 0 fully saturated rings. The second kappa shape index (κ2) is 7.52. The van der Waals surface area contributed by atoms with Gasteiger partial charge in [-0.15, -0.1) is 0 Å². The minimum atomic E-state index is -3.50. The number of anilines is 2. The molecule has 2 amide bonds. The molecule has 0 bridgehead atoms. The lowest BCUT2D eigenvalue weighted by Gasteiger charge is -2.15. The molecule has 3 rings (SSSR count). The summed E-state index contributed by atoms with van der Waals surface area (Å²) in [7, 11) is -3.50. The third-order valence-corrected chi connectivity index (χ3v) is 6.35. The molecule has 2 aromatic rings. The Balaban J connectivity index is 1.61. The molecule has 0 saturated carbocycles. The van der Waals surface area contributed by atoms with Gasteiger partial charge in [0.15, 0.2) is 9.84 Å². The van der Waals surface area contributed by atoms with Crippen LogP contribution in [0.15, 0.2) is 47.4 Å². The Hall–Kier alpha value is -2.67. The van der Waals surface area contributed by atoms with Gasteiger partial charge in [0.25, 0.3) is 0 Å². The zero-order valence-corrected chi connectivity index (χ0v) is 16.2. The largest absolute Gasteiger partial charge is 0.326 e. The number of fused-ring (bicyclic) bond motifs is 1. The molecule has 1 heterocycles. The fourth-order valence-electron chi connectivity index (χ4n) is 3.12. The van der Waals surface area contributed by atoms with Crippen LogP contribution in [0.25, 0.3) is 0 Å². The van der Waals surface area contributed by atoms with Gasteiger partial charge in [0, 0.05) is 31.3 Å². The Morgan fingerprint density at radius 3 is 2.48 bits per heavy atom. The summed E-state index contributed by atoms with van der Waals surface area (Å²) in [6.07, 6.45) is 0.618. The fourth-order valence-corrected chi connectivity index (χ4v) is 4.36. The topological polar surface area (TPSA) is 83.6 Å². The lowest BCUT2D eigenvalue weighted by atomic mass is 10.1. The predicted octanol–water partition coefficient (Wildman–Crippen LogP) is 2.71. The van der Waals surface area contributed by atoms with Gasteiger partial charge in [0.05, 0.1) is 10.6 Å². The Labute approximate surface area is 159 Å². The summed E-state index contributed by atoms with van der Waals surface area (Å²) < 4.78 is 24.7. The van der Waals surface area contributed by atoms with Gasteiger partial charge < -0.3 is 10.2 Å². The highest BCUT2D eigenvalue weighted by Gasteiger charge is 2.22. The van der Waals surface area contributed by atoms with Crippen LogP contribution in [-0.4, -0.2) is 32.5 Å². The first kappa shape index (κ1) is 19.1. The second-order valence-corrected chi connectivity index (χ2v) is 8.80. The standard InChI is InChI=1S/C20H22N2O4S/c1-14-3-6-18(7-4-14)27(25,26)12-10-20(24)21-17-5-8-19-16(13-17)9-11-22(19)15(2)23/h3-8,13H,9-12H2,1-2H3,(H,21,24). The van der Waals surface area contributed by atoms with Crippen LogP contribution in [-0.2, 0) is 25.8 Å². The van der Waals surface area contributed by atoms with E-state index in [1.807, 2.05) is 19.1 Å². The van der Waals surface area contributed by atoms with Crippen molar-refractivity contribution in [1.82, 2.24) is 0 Å². The summed E-state index contributed by atoms with van der Waals surface area (Å²) in [5.74, 6) is -0.607. The maximum absolute atomic E-state index is 12.3. The van der Waals surface area contributed by atoms with E-state index in [9.17, 15) is 18.0 Å². The van der Waals surface area contributed by atoms with E-state index < -0.39 is 9.84 Å². The van der Waals surface area contributed by atoms with E-state index in [0.717, 1.165) is 23.2 Å². The average Bonchev–Trinajstić information content (AvgIpc) is 3.04. The number of sulfone groups is 1. The number of carbonyl (C=O) groups is 2. The first-order valence-electron chi connectivity index (χ1n) is 8.76. The Morgan fingerprint density at radius 2 is 1.81 bits per heavy atom. The molecule has 0 aromatic heterocycles. The number of nitrogens with zero attached hydrogens (tertiary/aromatic N) is 1. The highest BCUT2D eigenvalue weighted by molar-refractivity contribution is 7.91. The third-order valence-electron chi connectivity index (χ3n) is 4.62.